The van der Waals surface area contributed by atoms with Crippen LogP contribution in [-0.4, -0.2) is 29.6 Å². The molecule has 0 bridgehead atoms. The van der Waals surface area contributed by atoms with Gasteiger partial charge >= 0.3 is 0 Å². The summed E-state index contributed by atoms with van der Waals surface area (Å²) in [6.07, 6.45) is 4.99. The van der Waals surface area contributed by atoms with Gasteiger partial charge in [0.2, 0.25) is 0 Å². The molecule has 118 valence electrons. The molecule has 1 aromatic heterocycles. The van der Waals surface area contributed by atoms with Crippen molar-refractivity contribution in [1.29, 1.82) is 0 Å². The largest absolute Gasteiger partial charge is 0.348 e. The van der Waals surface area contributed by atoms with Crippen molar-refractivity contribution in [2.45, 2.75) is 59.0 Å². The van der Waals surface area contributed by atoms with Gasteiger partial charge in [-0.1, -0.05) is 13.8 Å². The normalized spacial score (nSPS) is 29.4. The van der Waals surface area contributed by atoms with Crippen LogP contribution in [0.15, 0.2) is 6.07 Å². The predicted molar refractivity (Wildman–Crippen MR) is 88.4 cm³/mol. The monoisotopic (exact) mass is 289 g/mol. The van der Waals surface area contributed by atoms with Crippen molar-refractivity contribution in [3.8, 4) is 0 Å². The Bertz CT molecular complexity index is 515. The van der Waals surface area contributed by atoms with Gasteiger partial charge in [-0.05, 0) is 69.2 Å². The van der Waals surface area contributed by atoms with E-state index in [2.05, 4.69) is 43.4 Å². The van der Waals surface area contributed by atoms with Gasteiger partial charge in [-0.15, -0.1) is 0 Å². The Balaban J connectivity index is 1.86. The predicted octanol–water partition coefficient (Wildman–Crippen LogP) is 3.11. The van der Waals surface area contributed by atoms with Gasteiger partial charge in [0.25, 0.3) is 0 Å². The fraction of sp³-hybridized carbons (Fsp3) is 0.778. The fourth-order valence-electron chi connectivity index (χ4n) is 4.44. The Labute approximate surface area is 129 Å². The minimum absolute atomic E-state index is 0.220. The molecule has 3 heteroatoms. The van der Waals surface area contributed by atoms with Gasteiger partial charge in [0.05, 0.1) is 0 Å². The first kappa shape index (κ1) is 15.1. The lowest BCUT2D eigenvalue weighted by molar-refractivity contribution is 0.190. The Morgan fingerprint density at radius 1 is 1.38 bits per heavy atom. The average Bonchev–Trinajstić information content (AvgIpc) is 2.66. The lowest BCUT2D eigenvalue weighted by Crippen LogP contribution is -2.35. The topological polar surface area (TPSA) is 34.2 Å². The molecule has 3 nitrogen and oxygen atoms in total. The first-order valence-corrected chi connectivity index (χ1v) is 8.49. The summed E-state index contributed by atoms with van der Waals surface area (Å²) in [5.74, 6) is 0.792. The van der Waals surface area contributed by atoms with Gasteiger partial charge in [0.15, 0.2) is 0 Å². The van der Waals surface area contributed by atoms with E-state index >= 15 is 0 Å². The molecule has 2 aliphatic rings. The van der Waals surface area contributed by atoms with E-state index in [-0.39, 0.29) is 6.04 Å². The molecule has 1 aliphatic carbocycles. The van der Waals surface area contributed by atoms with Crippen LogP contribution in [0.5, 0.6) is 0 Å². The highest BCUT2D eigenvalue weighted by Crippen LogP contribution is 2.41. The summed E-state index contributed by atoms with van der Waals surface area (Å²) in [6.45, 7) is 10.6. The van der Waals surface area contributed by atoms with Crippen LogP contribution >= 0.6 is 0 Å². The molecule has 1 aromatic rings. The zero-order valence-corrected chi connectivity index (χ0v) is 14.2. The van der Waals surface area contributed by atoms with Gasteiger partial charge in [-0.2, -0.15) is 0 Å². The van der Waals surface area contributed by atoms with E-state index in [9.17, 15) is 0 Å². The highest BCUT2D eigenvalue weighted by Gasteiger charge is 2.33. The molecular weight excluding hydrogens is 258 g/mol. The number of nitrogens with two attached hydrogens (primary N) is 1. The van der Waals surface area contributed by atoms with Crippen LogP contribution in [0.3, 0.4) is 0 Å². The maximum Gasteiger partial charge on any atom is 0.0318 e. The molecule has 2 unspecified atom stereocenters. The van der Waals surface area contributed by atoms with Crippen molar-refractivity contribution < 1.29 is 0 Å². The zero-order valence-electron chi connectivity index (χ0n) is 14.2. The van der Waals surface area contributed by atoms with E-state index < -0.39 is 0 Å². The fourth-order valence-corrected chi connectivity index (χ4v) is 4.44. The Hall–Kier alpha value is -0.800. The maximum absolute atomic E-state index is 6.44. The van der Waals surface area contributed by atoms with Crippen LogP contribution in [0.4, 0.5) is 0 Å². The SMILES string of the molecule is Cc1cc2c(n1CC1CCCN(C)C1)CC(C)(C)CC2N. The number of aryl methyl sites for hydroxylation is 1. The number of fused-ring (bicyclic) bond motifs is 1. The van der Waals surface area contributed by atoms with Crippen LogP contribution in [0.1, 0.15) is 56.1 Å². The summed E-state index contributed by atoms with van der Waals surface area (Å²) in [5.41, 5.74) is 11.1. The zero-order chi connectivity index (χ0) is 15.2. The van der Waals surface area contributed by atoms with Crippen molar-refractivity contribution in [1.82, 2.24) is 9.47 Å². The third-order valence-electron chi connectivity index (χ3n) is 5.43. The second-order valence-electron chi connectivity index (χ2n) is 8.22. The summed E-state index contributed by atoms with van der Waals surface area (Å²) < 4.78 is 2.58. The van der Waals surface area contributed by atoms with E-state index in [0.29, 0.717) is 5.41 Å². The molecule has 0 spiro atoms. The molecule has 3 rings (SSSR count). The summed E-state index contributed by atoms with van der Waals surface area (Å²) in [6, 6.07) is 2.57. The van der Waals surface area contributed by atoms with Crippen LogP contribution < -0.4 is 5.73 Å². The summed E-state index contributed by atoms with van der Waals surface area (Å²) in [7, 11) is 2.25. The number of aromatic nitrogens is 1. The van der Waals surface area contributed by atoms with Crippen molar-refractivity contribution in [3.05, 3.63) is 23.0 Å². The van der Waals surface area contributed by atoms with E-state index in [1.165, 1.54) is 55.8 Å². The van der Waals surface area contributed by atoms with Crippen molar-refractivity contribution >= 4 is 0 Å². The van der Waals surface area contributed by atoms with Crippen LogP contribution in [0.25, 0.3) is 0 Å². The number of hydrogen-bond donors (Lipinski definition) is 1. The summed E-state index contributed by atoms with van der Waals surface area (Å²) in [4.78, 5) is 2.48. The lowest BCUT2D eigenvalue weighted by Gasteiger charge is -2.36. The van der Waals surface area contributed by atoms with E-state index in [1.807, 2.05) is 0 Å². The smallest absolute Gasteiger partial charge is 0.0318 e. The number of rotatable bonds is 2. The second-order valence-corrected chi connectivity index (χ2v) is 8.22. The lowest BCUT2D eigenvalue weighted by atomic mass is 9.74. The van der Waals surface area contributed by atoms with Gasteiger partial charge in [0.1, 0.15) is 0 Å². The minimum atomic E-state index is 0.220. The van der Waals surface area contributed by atoms with Crippen molar-refractivity contribution in [2.75, 3.05) is 20.1 Å². The quantitative estimate of drug-likeness (QED) is 0.907. The third kappa shape index (κ3) is 3.04. The van der Waals surface area contributed by atoms with E-state index in [1.54, 1.807) is 0 Å². The van der Waals surface area contributed by atoms with Gasteiger partial charge in [0, 0.05) is 30.5 Å². The van der Waals surface area contributed by atoms with Crippen molar-refractivity contribution in [3.63, 3.8) is 0 Å². The van der Waals surface area contributed by atoms with Gasteiger partial charge in [-0.3, -0.25) is 0 Å². The second kappa shape index (κ2) is 5.44. The number of likely N-dealkylation sites (tertiary alicyclic amines) is 1. The summed E-state index contributed by atoms with van der Waals surface area (Å²) in [5, 5.41) is 0. The minimum Gasteiger partial charge on any atom is -0.348 e. The average molecular weight is 289 g/mol. The van der Waals surface area contributed by atoms with Crippen LogP contribution in [-0.2, 0) is 13.0 Å². The molecule has 2 N–H and O–H groups in total. The Kier molecular flexibility index (Phi) is 3.91. The highest BCUT2D eigenvalue weighted by atomic mass is 15.1. The molecule has 0 amide bonds. The molecule has 1 aliphatic heterocycles. The Morgan fingerprint density at radius 2 is 2.14 bits per heavy atom. The van der Waals surface area contributed by atoms with E-state index in [0.717, 1.165) is 12.3 Å². The number of piperidine rings is 1. The third-order valence-corrected chi connectivity index (χ3v) is 5.43. The number of nitrogens with zero attached hydrogens (tertiary/aromatic N) is 2. The van der Waals surface area contributed by atoms with Crippen molar-refractivity contribution in [2.24, 2.45) is 17.1 Å². The molecule has 2 atom stereocenters. The maximum atomic E-state index is 6.44. The first-order chi connectivity index (χ1) is 9.85. The number of hydrogen-bond acceptors (Lipinski definition) is 2. The molecule has 0 radical (unpaired) electrons. The molecule has 0 saturated carbocycles. The molecule has 21 heavy (non-hydrogen) atoms. The highest BCUT2D eigenvalue weighted by molar-refractivity contribution is 5.34. The van der Waals surface area contributed by atoms with Crippen LogP contribution in [0.2, 0.25) is 0 Å². The standard InChI is InChI=1S/C18H31N3/c1-13-8-15-16(19)9-18(2,3)10-17(15)21(13)12-14-6-5-7-20(4)11-14/h8,14,16H,5-7,9-12,19H2,1-4H3. The molecular formula is C18H31N3. The first-order valence-electron chi connectivity index (χ1n) is 8.49. The molecule has 1 fully saturated rings. The molecule has 2 heterocycles. The Morgan fingerprint density at radius 3 is 2.86 bits per heavy atom. The van der Waals surface area contributed by atoms with Gasteiger partial charge < -0.3 is 15.2 Å². The van der Waals surface area contributed by atoms with Gasteiger partial charge in [-0.25, -0.2) is 0 Å². The summed E-state index contributed by atoms with van der Waals surface area (Å²) >= 11 is 0. The molecule has 1 saturated heterocycles. The molecule has 0 aromatic carbocycles. The van der Waals surface area contributed by atoms with E-state index in [4.69, 9.17) is 5.73 Å². The van der Waals surface area contributed by atoms with Crippen LogP contribution in [0, 0.1) is 18.3 Å².